The van der Waals surface area contributed by atoms with E-state index in [2.05, 4.69) is 23.7 Å². The minimum atomic E-state index is 0.692. The quantitative estimate of drug-likeness (QED) is 0.654. The molecule has 0 aliphatic carbocycles. The Kier molecular flexibility index (Phi) is 4.91. The van der Waals surface area contributed by atoms with E-state index < -0.39 is 0 Å². The zero-order chi connectivity index (χ0) is 9.52. The lowest BCUT2D eigenvalue weighted by Crippen LogP contribution is -2.48. The second-order valence-electron chi connectivity index (χ2n) is 3.77. The zero-order valence-corrected chi connectivity index (χ0v) is 8.76. The fraction of sp³-hybridized carbons (Fsp3) is 0.818. The molecule has 0 aromatic heterocycles. The molecule has 1 fully saturated rings. The number of hydrogen-bond donors (Lipinski definition) is 1. The summed E-state index contributed by atoms with van der Waals surface area (Å²) in [6, 6.07) is 0.692. The van der Waals surface area contributed by atoms with Crippen LogP contribution in [0.1, 0.15) is 32.6 Å². The molecule has 1 aliphatic heterocycles. The van der Waals surface area contributed by atoms with Gasteiger partial charge in [-0.2, -0.15) is 0 Å². The molecule has 0 aromatic carbocycles. The minimum Gasteiger partial charge on any atom is -0.372 e. The van der Waals surface area contributed by atoms with E-state index in [-0.39, 0.29) is 0 Å². The fourth-order valence-corrected chi connectivity index (χ4v) is 1.91. The van der Waals surface area contributed by atoms with Crippen LogP contribution < -0.4 is 5.32 Å². The Bertz CT molecular complexity index is 145. The summed E-state index contributed by atoms with van der Waals surface area (Å²) >= 11 is 0. The molecule has 0 aromatic rings. The number of nitrogens with zero attached hydrogens (tertiary/aromatic N) is 1. The predicted molar refractivity (Wildman–Crippen MR) is 57.7 cm³/mol. The topological polar surface area (TPSA) is 15.3 Å². The van der Waals surface area contributed by atoms with Gasteiger partial charge in [0.25, 0.3) is 0 Å². The van der Waals surface area contributed by atoms with Crippen molar-refractivity contribution in [2.24, 2.45) is 0 Å². The van der Waals surface area contributed by atoms with Crippen molar-refractivity contribution in [3.8, 4) is 0 Å². The van der Waals surface area contributed by atoms with E-state index >= 15 is 0 Å². The van der Waals surface area contributed by atoms with Crippen molar-refractivity contribution in [3.63, 3.8) is 0 Å². The van der Waals surface area contributed by atoms with Crippen LogP contribution in [0.3, 0.4) is 0 Å². The van der Waals surface area contributed by atoms with E-state index in [4.69, 9.17) is 0 Å². The average Bonchev–Trinajstić information content (AvgIpc) is 2.19. The van der Waals surface area contributed by atoms with E-state index in [1.807, 2.05) is 6.20 Å². The number of piperazine rings is 1. The highest BCUT2D eigenvalue weighted by molar-refractivity contribution is 4.85. The van der Waals surface area contributed by atoms with Gasteiger partial charge >= 0.3 is 0 Å². The average molecular weight is 182 g/mol. The Morgan fingerprint density at radius 3 is 3.08 bits per heavy atom. The van der Waals surface area contributed by atoms with Crippen LogP contribution >= 0.6 is 0 Å². The summed E-state index contributed by atoms with van der Waals surface area (Å²) in [6.07, 6.45) is 7.34. The lowest BCUT2D eigenvalue weighted by molar-refractivity contribution is 0.214. The molecule has 1 N–H and O–H groups in total. The van der Waals surface area contributed by atoms with Crippen molar-refractivity contribution in [2.75, 3.05) is 19.6 Å². The Hall–Kier alpha value is -0.500. The van der Waals surface area contributed by atoms with Gasteiger partial charge in [0.05, 0.1) is 0 Å². The third-order valence-corrected chi connectivity index (χ3v) is 2.77. The third-order valence-electron chi connectivity index (χ3n) is 2.77. The lowest BCUT2D eigenvalue weighted by Gasteiger charge is -2.35. The molecular formula is C11H22N2. The number of nitrogens with one attached hydrogen (secondary N) is 1. The highest BCUT2D eigenvalue weighted by Gasteiger charge is 2.17. The van der Waals surface area contributed by atoms with Crippen LogP contribution in [0.15, 0.2) is 12.8 Å². The van der Waals surface area contributed by atoms with E-state index in [0.717, 1.165) is 19.6 Å². The van der Waals surface area contributed by atoms with E-state index in [9.17, 15) is 0 Å². The lowest BCUT2D eigenvalue weighted by atomic mass is 10.1. The third kappa shape index (κ3) is 3.39. The molecule has 1 atom stereocenters. The normalized spacial score (nSPS) is 23.2. The van der Waals surface area contributed by atoms with Crippen molar-refractivity contribution >= 4 is 0 Å². The van der Waals surface area contributed by atoms with Gasteiger partial charge in [-0.3, -0.25) is 0 Å². The summed E-state index contributed by atoms with van der Waals surface area (Å²) < 4.78 is 0. The van der Waals surface area contributed by atoms with Crippen molar-refractivity contribution in [1.82, 2.24) is 10.2 Å². The molecule has 1 heterocycles. The number of hydrogen-bond acceptors (Lipinski definition) is 2. The first-order valence-corrected chi connectivity index (χ1v) is 5.47. The zero-order valence-electron chi connectivity index (χ0n) is 8.76. The molecule has 76 valence electrons. The van der Waals surface area contributed by atoms with Gasteiger partial charge in [-0.15, -0.1) is 0 Å². The van der Waals surface area contributed by atoms with E-state index in [1.165, 1.54) is 25.7 Å². The largest absolute Gasteiger partial charge is 0.372 e. The fourth-order valence-electron chi connectivity index (χ4n) is 1.91. The monoisotopic (exact) mass is 182 g/mol. The van der Waals surface area contributed by atoms with Crippen LogP contribution in [0.2, 0.25) is 0 Å². The summed E-state index contributed by atoms with van der Waals surface area (Å²) in [5, 5.41) is 3.44. The molecule has 1 unspecified atom stereocenters. The van der Waals surface area contributed by atoms with Crippen molar-refractivity contribution in [1.29, 1.82) is 0 Å². The van der Waals surface area contributed by atoms with Gasteiger partial charge in [0.15, 0.2) is 0 Å². The van der Waals surface area contributed by atoms with Gasteiger partial charge in [-0.1, -0.05) is 32.8 Å². The van der Waals surface area contributed by atoms with E-state index in [1.54, 1.807) is 0 Å². The maximum absolute atomic E-state index is 3.86. The number of rotatable bonds is 5. The molecule has 0 amide bonds. The predicted octanol–water partition coefficient (Wildman–Crippen LogP) is 1.98. The molecule has 2 nitrogen and oxygen atoms in total. The van der Waals surface area contributed by atoms with Crippen LogP contribution in [-0.2, 0) is 0 Å². The van der Waals surface area contributed by atoms with Crippen molar-refractivity contribution in [2.45, 2.75) is 38.6 Å². The number of unbranched alkanes of at least 4 members (excludes halogenated alkanes) is 2. The van der Waals surface area contributed by atoms with Gasteiger partial charge in [-0.05, 0) is 12.6 Å². The van der Waals surface area contributed by atoms with Crippen molar-refractivity contribution < 1.29 is 0 Å². The van der Waals surface area contributed by atoms with Gasteiger partial charge in [0.2, 0.25) is 0 Å². The van der Waals surface area contributed by atoms with Gasteiger partial charge in [-0.25, -0.2) is 0 Å². The molecule has 0 radical (unpaired) electrons. The Labute approximate surface area is 82.0 Å². The van der Waals surface area contributed by atoms with Gasteiger partial charge in [0.1, 0.15) is 0 Å². The Morgan fingerprint density at radius 2 is 2.38 bits per heavy atom. The molecule has 0 saturated carbocycles. The molecule has 1 saturated heterocycles. The minimum absolute atomic E-state index is 0.692. The highest BCUT2D eigenvalue weighted by Crippen LogP contribution is 2.11. The first-order chi connectivity index (χ1) is 6.38. The second kappa shape index (κ2) is 6.03. The molecule has 13 heavy (non-hydrogen) atoms. The first kappa shape index (κ1) is 10.6. The second-order valence-corrected chi connectivity index (χ2v) is 3.77. The smallest absolute Gasteiger partial charge is 0.0409 e. The molecule has 0 bridgehead atoms. The van der Waals surface area contributed by atoms with E-state index in [0.29, 0.717) is 6.04 Å². The summed E-state index contributed by atoms with van der Waals surface area (Å²) in [5.41, 5.74) is 0. The summed E-state index contributed by atoms with van der Waals surface area (Å²) in [7, 11) is 0. The van der Waals surface area contributed by atoms with Crippen LogP contribution in [0.4, 0.5) is 0 Å². The molecule has 1 rings (SSSR count). The first-order valence-electron chi connectivity index (χ1n) is 5.47. The maximum Gasteiger partial charge on any atom is 0.0409 e. The molecule has 0 spiro atoms. The van der Waals surface area contributed by atoms with Crippen LogP contribution in [0, 0.1) is 0 Å². The standard InChI is InChI=1S/C11H22N2/c1-3-5-6-7-11-10-12-8-9-13(11)4-2/h4,11-12H,2-3,5-10H2,1H3. The SMILES string of the molecule is C=CN1CCNCC1CCCCC. The Morgan fingerprint density at radius 1 is 1.54 bits per heavy atom. The van der Waals surface area contributed by atoms with Crippen LogP contribution in [-0.4, -0.2) is 30.6 Å². The van der Waals surface area contributed by atoms with Crippen LogP contribution in [0.5, 0.6) is 0 Å². The molecule has 1 aliphatic rings. The van der Waals surface area contributed by atoms with Gasteiger partial charge in [0, 0.05) is 25.7 Å². The summed E-state index contributed by atoms with van der Waals surface area (Å²) in [6.45, 7) is 9.48. The maximum atomic E-state index is 3.86. The van der Waals surface area contributed by atoms with Crippen LogP contribution in [0.25, 0.3) is 0 Å². The van der Waals surface area contributed by atoms with Crippen molar-refractivity contribution in [3.05, 3.63) is 12.8 Å². The summed E-state index contributed by atoms with van der Waals surface area (Å²) in [5.74, 6) is 0. The highest BCUT2D eigenvalue weighted by atomic mass is 15.2. The Balaban J connectivity index is 2.23. The molecular weight excluding hydrogens is 160 g/mol. The summed E-state index contributed by atoms with van der Waals surface area (Å²) in [4.78, 5) is 2.38. The molecule has 2 heteroatoms. The van der Waals surface area contributed by atoms with Gasteiger partial charge < -0.3 is 10.2 Å².